The molecule has 1 aliphatic rings. The molecule has 5 nitrogen and oxygen atoms in total. The van der Waals surface area contributed by atoms with E-state index in [9.17, 15) is 9.59 Å². The maximum absolute atomic E-state index is 12.1. The molecule has 1 aromatic carbocycles. The first kappa shape index (κ1) is 17.1. The molecule has 1 fully saturated rings. The molecule has 1 unspecified atom stereocenters. The van der Waals surface area contributed by atoms with Gasteiger partial charge in [0, 0.05) is 0 Å². The van der Waals surface area contributed by atoms with Crippen molar-refractivity contribution in [3.05, 3.63) is 33.8 Å². The van der Waals surface area contributed by atoms with Gasteiger partial charge in [0.15, 0.2) is 0 Å². The fourth-order valence-electron chi connectivity index (χ4n) is 2.63. The maximum atomic E-state index is 12.1. The highest BCUT2D eigenvalue weighted by Crippen LogP contribution is 2.25. The number of nitrogens with zero attached hydrogens (tertiary/aromatic N) is 1. The lowest BCUT2D eigenvalue weighted by Crippen LogP contribution is -2.43. The van der Waals surface area contributed by atoms with Gasteiger partial charge in [0.1, 0.15) is 6.04 Å². The van der Waals surface area contributed by atoms with Crippen LogP contribution in [0.15, 0.2) is 18.2 Å². The topological polar surface area (TPSA) is 69.6 Å². The maximum Gasteiger partial charge on any atom is 0.320 e. The van der Waals surface area contributed by atoms with Crippen LogP contribution < -0.4 is 5.32 Å². The Hall–Kier alpha value is -1.30. The summed E-state index contributed by atoms with van der Waals surface area (Å²) in [6.45, 7) is 2.56. The summed E-state index contributed by atoms with van der Waals surface area (Å²) in [5, 5.41) is 12.9. The molecular formula is C15H18Cl2N2O3. The summed E-state index contributed by atoms with van der Waals surface area (Å²) in [7, 11) is 0. The van der Waals surface area contributed by atoms with Crippen molar-refractivity contribution in [3.8, 4) is 0 Å². The number of likely N-dealkylation sites (tertiary alicyclic amines) is 1. The van der Waals surface area contributed by atoms with Gasteiger partial charge >= 0.3 is 5.97 Å². The molecule has 1 heterocycles. The van der Waals surface area contributed by atoms with Gasteiger partial charge in [-0.15, -0.1) is 0 Å². The smallest absolute Gasteiger partial charge is 0.320 e. The predicted octanol–water partition coefficient (Wildman–Crippen LogP) is 2.72. The summed E-state index contributed by atoms with van der Waals surface area (Å²) in [6, 6.07) is 4.40. The quantitative estimate of drug-likeness (QED) is 0.861. The van der Waals surface area contributed by atoms with E-state index < -0.39 is 12.0 Å². The van der Waals surface area contributed by atoms with Crippen LogP contribution in [0, 0.1) is 0 Å². The number of rotatable bonds is 5. The molecule has 2 atom stereocenters. The molecule has 22 heavy (non-hydrogen) atoms. The van der Waals surface area contributed by atoms with E-state index >= 15 is 0 Å². The summed E-state index contributed by atoms with van der Waals surface area (Å²) in [5.41, 5.74) is 0.846. The van der Waals surface area contributed by atoms with Crippen molar-refractivity contribution in [2.45, 2.75) is 31.8 Å². The zero-order valence-electron chi connectivity index (χ0n) is 12.2. The fourth-order valence-corrected chi connectivity index (χ4v) is 2.94. The summed E-state index contributed by atoms with van der Waals surface area (Å²) < 4.78 is 0. The monoisotopic (exact) mass is 344 g/mol. The second kappa shape index (κ2) is 7.31. The zero-order valence-corrected chi connectivity index (χ0v) is 13.7. The number of halogens is 2. The molecule has 0 radical (unpaired) electrons. The third-order valence-electron chi connectivity index (χ3n) is 3.82. The van der Waals surface area contributed by atoms with Crippen molar-refractivity contribution in [3.63, 3.8) is 0 Å². The van der Waals surface area contributed by atoms with Crippen LogP contribution in [0.2, 0.25) is 10.0 Å². The lowest BCUT2D eigenvalue weighted by Gasteiger charge is -2.22. The van der Waals surface area contributed by atoms with Crippen LogP contribution >= 0.6 is 23.2 Å². The van der Waals surface area contributed by atoms with Crippen LogP contribution in [0.5, 0.6) is 0 Å². The minimum absolute atomic E-state index is 0.0859. The van der Waals surface area contributed by atoms with Gasteiger partial charge in [-0.2, -0.15) is 0 Å². The molecule has 0 aliphatic carbocycles. The largest absolute Gasteiger partial charge is 0.480 e. The lowest BCUT2D eigenvalue weighted by molar-refractivity contribution is -0.142. The third kappa shape index (κ3) is 4.12. The number of amides is 1. The van der Waals surface area contributed by atoms with Crippen molar-refractivity contribution in [1.82, 2.24) is 10.2 Å². The molecular weight excluding hydrogens is 327 g/mol. The van der Waals surface area contributed by atoms with Gasteiger partial charge in [0.2, 0.25) is 5.91 Å². The normalized spacial score (nSPS) is 19.9. The van der Waals surface area contributed by atoms with Crippen LogP contribution in [0.4, 0.5) is 0 Å². The highest BCUT2D eigenvalue weighted by molar-refractivity contribution is 6.42. The number of carboxylic acids is 1. The average molecular weight is 345 g/mol. The van der Waals surface area contributed by atoms with Crippen molar-refractivity contribution in [1.29, 1.82) is 0 Å². The van der Waals surface area contributed by atoms with Gasteiger partial charge < -0.3 is 10.4 Å². The van der Waals surface area contributed by atoms with Gasteiger partial charge in [-0.25, -0.2) is 0 Å². The molecule has 1 amide bonds. The molecule has 0 aromatic heterocycles. The Labute approximate surface area is 139 Å². The van der Waals surface area contributed by atoms with E-state index in [2.05, 4.69) is 5.32 Å². The minimum Gasteiger partial charge on any atom is -0.480 e. The third-order valence-corrected chi connectivity index (χ3v) is 4.56. The van der Waals surface area contributed by atoms with Gasteiger partial charge in [0.05, 0.1) is 22.6 Å². The molecule has 1 aromatic rings. The van der Waals surface area contributed by atoms with Crippen LogP contribution in [-0.2, 0) is 9.59 Å². The zero-order chi connectivity index (χ0) is 16.3. The molecule has 0 saturated carbocycles. The molecule has 2 rings (SSSR count). The Kier molecular flexibility index (Phi) is 5.67. The van der Waals surface area contributed by atoms with Gasteiger partial charge in [-0.05, 0) is 44.0 Å². The molecule has 1 aliphatic heterocycles. The molecule has 7 heteroatoms. The Morgan fingerprint density at radius 3 is 2.77 bits per heavy atom. The molecule has 120 valence electrons. The lowest BCUT2D eigenvalue weighted by atomic mass is 10.1. The first-order valence-corrected chi connectivity index (χ1v) is 7.85. The van der Waals surface area contributed by atoms with E-state index in [1.807, 2.05) is 6.92 Å². The van der Waals surface area contributed by atoms with Gasteiger partial charge in [0.25, 0.3) is 0 Å². The first-order chi connectivity index (χ1) is 10.4. The summed E-state index contributed by atoms with van der Waals surface area (Å²) >= 11 is 11.8. The Morgan fingerprint density at radius 2 is 2.14 bits per heavy atom. The number of carboxylic acid groups (broad SMARTS) is 1. The number of benzene rings is 1. The Balaban J connectivity index is 1.93. The van der Waals surface area contributed by atoms with Gasteiger partial charge in [-0.3, -0.25) is 14.5 Å². The molecule has 1 saturated heterocycles. The summed E-state index contributed by atoms with van der Waals surface area (Å²) in [6.07, 6.45) is 1.39. The highest BCUT2D eigenvalue weighted by Gasteiger charge is 2.31. The number of nitrogens with one attached hydrogen (secondary N) is 1. The van der Waals surface area contributed by atoms with Crippen LogP contribution in [0.1, 0.15) is 31.4 Å². The van der Waals surface area contributed by atoms with Crippen LogP contribution in [-0.4, -0.2) is 41.0 Å². The average Bonchev–Trinajstić information content (AvgIpc) is 2.89. The van der Waals surface area contributed by atoms with Crippen LogP contribution in [0.25, 0.3) is 0 Å². The number of aliphatic carboxylic acids is 1. The second-order valence-corrected chi connectivity index (χ2v) is 6.24. The van der Waals surface area contributed by atoms with Gasteiger partial charge in [-0.1, -0.05) is 29.3 Å². The van der Waals surface area contributed by atoms with Crippen molar-refractivity contribution >= 4 is 35.1 Å². The summed E-state index contributed by atoms with van der Waals surface area (Å²) in [4.78, 5) is 24.9. The fraction of sp³-hybridized carbons (Fsp3) is 0.467. The minimum atomic E-state index is -0.872. The Bertz CT molecular complexity index is 580. The standard InChI is InChI=1S/C15H18Cl2N2O3/c1-9(10-4-5-11(16)12(17)7-10)18-14(20)8-19-6-2-3-13(19)15(21)22/h4-5,7,9,13H,2-3,6,8H2,1H3,(H,18,20)(H,21,22)/t9?,13-/m0/s1. The van der Waals surface area contributed by atoms with E-state index in [1.54, 1.807) is 23.1 Å². The second-order valence-electron chi connectivity index (χ2n) is 5.43. The van der Waals surface area contributed by atoms with E-state index in [0.717, 1.165) is 12.0 Å². The number of carbonyl (C=O) groups excluding carboxylic acids is 1. The van der Waals surface area contributed by atoms with Crippen LogP contribution in [0.3, 0.4) is 0 Å². The highest BCUT2D eigenvalue weighted by atomic mass is 35.5. The SMILES string of the molecule is CC(NC(=O)CN1CCC[C@H]1C(=O)O)c1ccc(Cl)c(Cl)c1. The molecule has 0 bridgehead atoms. The predicted molar refractivity (Wildman–Crippen MR) is 85.3 cm³/mol. The Morgan fingerprint density at radius 1 is 1.41 bits per heavy atom. The van der Waals surface area contributed by atoms with E-state index in [1.165, 1.54) is 0 Å². The first-order valence-electron chi connectivity index (χ1n) is 7.09. The number of hydrogen-bond acceptors (Lipinski definition) is 3. The van der Waals surface area contributed by atoms with E-state index in [4.69, 9.17) is 28.3 Å². The van der Waals surface area contributed by atoms with E-state index in [-0.39, 0.29) is 18.5 Å². The summed E-state index contributed by atoms with van der Waals surface area (Å²) in [5.74, 6) is -1.07. The van der Waals surface area contributed by atoms with Crippen molar-refractivity contribution in [2.24, 2.45) is 0 Å². The van der Waals surface area contributed by atoms with Crippen molar-refractivity contribution < 1.29 is 14.7 Å². The molecule has 0 spiro atoms. The van der Waals surface area contributed by atoms with Crippen molar-refractivity contribution in [2.75, 3.05) is 13.1 Å². The number of carbonyl (C=O) groups is 2. The van der Waals surface area contributed by atoms with E-state index in [0.29, 0.717) is 23.0 Å². The molecule has 2 N–H and O–H groups in total. The number of hydrogen-bond donors (Lipinski definition) is 2.